The summed E-state index contributed by atoms with van der Waals surface area (Å²) >= 11 is 1.80. The first-order valence-electron chi connectivity index (χ1n) is 1.25. The lowest BCUT2D eigenvalue weighted by Gasteiger charge is -1.82. The van der Waals surface area contributed by atoms with Crippen molar-refractivity contribution >= 4 is 28.6 Å². The van der Waals surface area contributed by atoms with Crippen LogP contribution in [-0.4, -0.2) is 5.97 Å². The van der Waals surface area contributed by atoms with Gasteiger partial charge in [0.2, 0.25) is 0 Å². The fourth-order valence-corrected chi connectivity index (χ4v) is 0.345. The molecule has 0 N–H and O–H groups in total. The molecule has 34 valence electrons. The summed E-state index contributed by atoms with van der Waals surface area (Å²) in [6, 6.07) is 0. The number of carbonyl (C=O) groups is 1. The van der Waals surface area contributed by atoms with Gasteiger partial charge in [-0.15, -0.1) is 0 Å². The minimum atomic E-state index is -1.15. The number of aliphatic carboxylic acids is 1. The summed E-state index contributed by atoms with van der Waals surface area (Å²) in [5.41, 5.74) is 0. The molecular formula is C3H2IO2-. The molecule has 0 atom stereocenters. The highest BCUT2D eigenvalue weighted by molar-refractivity contribution is 14.1. The van der Waals surface area contributed by atoms with E-state index in [0.29, 0.717) is 0 Å². The molecule has 6 heavy (non-hydrogen) atoms. The second-order valence-electron chi connectivity index (χ2n) is 0.612. The second-order valence-corrected chi connectivity index (χ2v) is 1.33. The van der Waals surface area contributed by atoms with Crippen molar-refractivity contribution in [3.05, 3.63) is 10.2 Å². The zero-order chi connectivity index (χ0) is 4.99. The summed E-state index contributed by atoms with van der Waals surface area (Å²) in [5, 5.41) is 9.40. The molecule has 0 amide bonds. The van der Waals surface area contributed by atoms with Crippen LogP contribution >= 0.6 is 22.6 Å². The first-order chi connectivity index (χ1) is 2.77. The van der Waals surface area contributed by atoms with Crippen molar-refractivity contribution < 1.29 is 9.90 Å². The van der Waals surface area contributed by atoms with Gasteiger partial charge in [-0.2, -0.15) is 0 Å². The van der Waals surface area contributed by atoms with Crippen LogP contribution in [0.15, 0.2) is 10.2 Å². The van der Waals surface area contributed by atoms with Gasteiger partial charge in [-0.3, -0.25) is 0 Å². The molecule has 0 aromatic rings. The van der Waals surface area contributed by atoms with Gasteiger partial charge in [0, 0.05) is 0 Å². The Morgan fingerprint density at radius 3 is 2.33 bits per heavy atom. The lowest BCUT2D eigenvalue weighted by Crippen LogP contribution is -2.18. The SMILES string of the molecule is O=C([O-])/C=C/I. The van der Waals surface area contributed by atoms with Gasteiger partial charge < -0.3 is 9.90 Å². The van der Waals surface area contributed by atoms with Gasteiger partial charge in [-0.25, -0.2) is 0 Å². The summed E-state index contributed by atoms with van der Waals surface area (Å²) in [6.45, 7) is 0. The smallest absolute Gasteiger partial charge is 0.0647 e. The van der Waals surface area contributed by atoms with Gasteiger partial charge in [-0.1, -0.05) is 22.6 Å². The Balaban J connectivity index is 3.30. The summed E-state index contributed by atoms with van der Waals surface area (Å²) in [4.78, 5) is 9.40. The average molecular weight is 197 g/mol. The molecule has 0 spiro atoms. The normalized spacial score (nSPS) is 9.50. The van der Waals surface area contributed by atoms with Crippen LogP contribution in [0.5, 0.6) is 0 Å². The quantitative estimate of drug-likeness (QED) is 0.427. The van der Waals surface area contributed by atoms with Crippen LogP contribution in [0.2, 0.25) is 0 Å². The maximum absolute atomic E-state index is 9.40. The molecule has 0 aliphatic heterocycles. The Kier molecular flexibility index (Phi) is 3.11. The molecule has 0 saturated carbocycles. The van der Waals surface area contributed by atoms with E-state index >= 15 is 0 Å². The van der Waals surface area contributed by atoms with Gasteiger partial charge in [-0.05, 0) is 10.2 Å². The standard InChI is InChI=1S/C3H3IO2/c4-2-1-3(5)6/h1-2H,(H,5,6)/p-1/b2-1+. The molecule has 0 saturated heterocycles. The zero-order valence-electron chi connectivity index (χ0n) is 2.85. The number of hydrogen-bond donors (Lipinski definition) is 0. The molecule has 0 aromatic heterocycles. The Bertz CT molecular complexity index is 76.9. The minimum absolute atomic E-state index is 0.959. The van der Waals surface area contributed by atoms with Gasteiger partial charge in [0.25, 0.3) is 0 Å². The van der Waals surface area contributed by atoms with E-state index in [2.05, 4.69) is 0 Å². The summed E-state index contributed by atoms with van der Waals surface area (Å²) < 4.78 is 1.38. The van der Waals surface area contributed by atoms with Crippen molar-refractivity contribution in [1.29, 1.82) is 0 Å². The van der Waals surface area contributed by atoms with Gasteiger partial charge >= 0.3 is 0 Å². The molecule has 0 bridgehead atoms. The van der Waals surface area contributed by atoms with Crippen molar-refractivity contribution in [1.82, 2.24) is 0 Å². The maximum Gasteiger partial charge on any atom is 0.0647 e. The molecule has 0 aliphatic rings. The van der Waals surface area contributed by atoms with E-state index in [9.17, 15) is 9.90 Å². The molecular weight excluding hydrogens is 195 g/mol. The highest BCUT2D eigenvalue weighted by Crippen LogP contribution is 1.79. The number of rotatable bonds is 1. The number of carboxylic acid groups (broad SMARTS) is 1. The minimum Gasteiger partial charge on any atom is -0.545 e. The van der Waals surface area contributed by atoms with Crippen LogP contribution in [0.4, 0.5) is 0 Å². The van der Waals surface area contributed by atoms with Crippen LogP contribution in [0.25, 0.3) is 0 Å². The topological polar surface area (TPSA) is 40.1 Å². The van der Waals surface area contributed by atoms with E-state index < -0.39 is 5.97 Å². The third-order valence-electron chi connectivity index (χ3n) is 0.199. The van der Waals surface area contributed by atoms with Gasteiger partial charge in [0.05, 0.1) is 5.97 Å². The lowest BCUT2D eigenvalue weighted by molar-refractivity contribution is -0.297. The average Bonchev–Trinajstić information content (AvgIpc) is 1.35. The lowest BCUT2D eigenvalue weighted by atomic mass is 10.7. The van der Waals surface area contributed by atoms with E-state index in [-0.39, 0.29) is 0 Å². The number of halogens is 1. The molecule has 0 radical (unpaired) electrons. The van der Waals surface area contributed by atoms with E-state index in [0.717, 1.165) is 6.08 Å². The molecule has 0 rings (SSSR count). The predicted molar refractivity (Wildman–Crippen MR) is 28.2 cm³/mol. The third kappa shape index (κ3) is 3.94. The molecule has 2 nitrogen and oxygen atoms in total. The first kappa shape index (κ1) is 5.94. The van der Waals surface area contributed by atoms with Crippen molar-refractivity contribution in [2.24, 2.45) is 0 Å². The van der Waals surface area contributed by atoms with Gasteiger partial charge in [0.15, 0.2) is 0 Å². The van der Waals surface area contributed by atoms with E-state index in [4.69, 9.17) is 0 Å². The van der Waals surface area contributed by atoms with Crippen LogP contribution in [-0.2, 0) is 4.79 Å². The summed E-state index contributed by atoms with van der Waals surface area (Å²) in [5.74, 6) is -1.15. The van der Waals surface area contributed by atoms with Crippen LogP contribution < -0.4 is 5.11 Å². The molecule has 0 fully saturated rings. The Morgan fingerprint density at radius 2 is 2.33 bits per heavy atom. The molecule has 0 aliphatic carbocycles. The van der Waals surface area contributed by atoms with Crippen molar-refractivity contribution in [3.63, 3.8) is 0 Å². The second kappa shape index (κ2) is 3.14. The van der Waals surface area contributed by atoms with E-state index in [1.807, 2.05) is 0 Å². The number of hydrogen-bond acceptors (Lipinski definition) is 2. The monoisotopic (exact) mass is 197 g/mol. The Hall–Kier alpha value is -0.0600. The number of carbonyl (C=O) groups excluding carboxylic acids is 1. The fourth-order valence-electron chi connectivity index (χ4n) is 0.0514. The summed E-state index contributed by atoms with van der Waals surface area (Å²) in [7, 11) is 0. The van der Waals surface area contributed by atoms with Crippen molar-refractivity contribution in [2.45, 2.75) is 0 Å². The van der Waals surface area contributed by atoms with Crippen molar-refractivity contribution in [2.75, 3.05) is 0 Å². The molecule has 0 unspecified atom stereocenters. The van der Waals surface area contributed by atoms with Crippen LogP contribution in [0.3, 0.4) is 0 Å². The zero-order valence-corrected chi connectivity index (χ0v) is 5.01. The molecule has 0 aromatic carbocycles. The Morgan fingerprint density at radius 1 is 1.83 bits per heavy atom. The predicted octanol–water partition coefficient (Wildman–Crippen LogP) is -0.315. The highest BCUT2D eigenvalue weighted by Gasteiger charge is 1.62. The van der Waals surface area contributed by atoms with Crippen LogP contribution in [0.1, 0.15) is 0 Å². The fraction of sp³-hybridized carbons (Fsp3) is 0. The number of carboxylic acids is 1. The van der Waals surface area contributed by atoms with Crippen molar-refractivity contribution in [3.8, 4) is 0 Å². The van der Waals surface area contributed by atoms with E-state index in [1.54, 1.807) is 22.6 Å². The maximum atomic E-state index is 9.40. The summed E-state index contributed by atoms with van der Waals surface area (Å²) in [6.07, 6.45) is 0.959. The first-order valence-corrected chi connectivity index (χ1v) is 2.49. The molecule has 0 heterocycles. The Labute approximate surface area is 49.0 Å². The third-order valence-corrected chi connectivity index (χ3v) is 0.559. The highest BCUT2D eigenvalue weighted by atomic mass is 127. The largest absolute Gasteiger partial charge is 0.545 e. The van der Waals surface area contributed by atoms with Crippen LogP contribution in [0, 0.1) is 0 Å². The van der Waals surface area contributed by atoms with Gasteiger partial charge in [0.1, 0.15) is 0 Å². The van der Waals surface area contributed by atoms with E-state index in [1.165, 1.54) is 4.08 Å². The molecule has 3 heteroatoms.